The number of rotatable bonds is 1. The molecule has 0 spiro atoms. The van der Waals surface area contributed by atoms with Crippen LogP contribution in [-0.4, -0.2) is 37.6 Å². The van der Waals surface area contributed by atoms with Gasteiger partial charge in [-0.15, -0.1) is 10.2 Å². The summed E-state index contributed by atoms with van der Waals surface area (Å²) >= 11 is 0. The number of para-hydroxylation sites is 1. The highest BCUT2D eigenvalue weighted by molar-refractivity contribution is 5.98. The van der Waals surface area contributed by atoms with Crippen molar-refractivity contribution in [1.82, 2.24) is 24.6 Å². The van der Waals surface area contributed by atoms with Gasteiger partial charge in [-0.05, 0) is 12.1 Å². The van der Waals surface area contributed by atoms with Gasteiger partial charge in [-0.1, -0.05) is 12.1 Å². The Bertz CT molecular complexity index is 880. The zero-order valence-corrected chi connectivity index (χ0v) is 12.1. The molecule has 0 radical (unpaired) electrons. The van der Waals surface area contributed by atoms with E-state index in [-0.39, 0.29) is 5.91 Å². The third kappa shape index (κ3) is 1.75. The molecular formula is C15H13N5O2. The molecule has 0 atom stereocenters. The van der Waals surface area contributed by atoms with E-state index in [1.165, 1.54) is 0 Å². The summed E-state index contributed by atoms with van der Waals surface area (Å²) in [5.74, 6) is 1.78. The predicted molar refractivity (Wildman–Crippen MR) is 77.4 cm³/mol. The molecule has 1 aliphatic heterocycles. The third-order valence-electron chi connectivity index (χ3n) is 3.68. The van der Waals surface area contributed by atoms with Crippen LogP contribution in [0.3, 0.4) is 0 Å². The molecule has 1 aliphatic rings. The Labute approximate surface area is 126 Å². The van der Waals surface area contributed by atoms with Crippen LogP contribution in [-0.2, 0) is 6.54 Å². The van der Waals surface area contributed by atoms with Crippen molar-refractivity contribution in [2.24, 2.45) is 0 Å². The van der Waals surface area contributed by atoms with Crippen molar-refractivity contribution in [3.05, 3.63) is 47.8 Å². The first-order chi connectivity index (χ1) is 10.6. The summed E-state index contributed by atoms with van der Waals surface area (Å²) in [4.78, 5) is 18.4. The summed E-state index contributed by atoms with van der Waals surface area (Å²) in [6.45, 7) is 2.16. The Kier molecular flexibility index (Phi) is 2.62. The first-order valence-corrected chi connectivity index (χ1v) is 6.87. The molecule has 2 aromatic heterocycles. The maximum Gasteiger partial charge on any atom is 0.256 e. The van der Waals surface area contributed by atoms with Gasteiger partial charge in [0, 0.05) is 14.0 Å². The molecule has 4 rings (SSSR count). The summed E-state index contributed by atoms with van der Waals surface area (Å²) in [5, 5.41) is 8.46. The van der Waals surface area contributed by atoms with Gasteiger partial charge in [-0.2, -0.15) is 0 Å². The first-order valence-electron chi connectivity index (χ1n) is 6.87. The van der Waals surface area contributed by atoms with Gasteiger partial charge in [0.2, 0.25) is 0 Å². The summed E-state index contributed by atoms with van der Waals surface area (Å²) in [6.07, 6.45) is 1.55. The molecule has 3 heterocycles. The molecule has 22 heavy (non-hydrogen) atoms. The Morgan fingerprint density at radius 2 is 2.05 bits per heavy atom. The maximum atomic E-state index is 12.5. The Morgan fingerprint density at radius 1 is 1.23 bits per heavy atom. The maximum absolute atomic E-state index is 12.5. The largest absolute Gasteiger partial charge is 0.449 e. The molecule has 110 valence electrons. The third-order valence-corrected chi connectivity index (χ3v) is 3.68. The number of nitrogens with zero attached hydrogens (tertiary/aromatic N) is 5. The van der Waals surface area contributed by atoms with Crippen LogP contribution in [0.5, 0.6) is 0 Å². The standard InChI is InChI=1S/C15H13N5O2/c1-9-16-11(8-22-9)14-18-17-13-7-19(2)15(21)10-5-3-4-6-12(10)20(13)14/h3-6,8H,7H2,1-2H3. The second-order valence-electron chi connectivity index (χ2n) is 5.21. The lowest BCUT2D eigenvalue weighted by molar-refractivity contribution is 0.0786. The van der Waals surface area contributed by atoms with Crippen molar-refractivity contribution >= 4 is 5.91 Å². The number of fused-ring (bicyclic) bond motifs is 3. The molecule has 7 heteroatoms. The minimum Gasteiger partial charge on any atom is -0.449 e. The van der Waals surface area contributed by atoms with Gasteiger partial charge in [-0.25, -0.2) is 4.98 Å². The van der Waals surface area contributed by atoms with E-state index in [0.29, 0.717) is 35.3 Å². The van der Waals surface area contributed by atoms with Gasteiger partial charge in [0.15, 0.2) is 17.5 Å². The van der Waals surface area contributed by atoms with E-state index in [9.17, 15) is 4.79 Å². The van der Waals surface area contributed by atoms with Crippen LogP contribution in [0, 0.1) is 6.92 Å². The minimum atomic E-state index is -0.0385. The molecule has 3 aromatic rings. The van der Waals surface area contributed by atoms with E-state index in [1.54, 1.807) is 31.2 Å². The van der Waals surface area contributed by atoms with Crippen LogP contribution in [0.2, 0.25) is 0 Å². The van der Waals surface area contributed by atoms with E-state index in [1.807, 2.05) is 22.8 Å². The van der Waals surface area contributed by atoms with Crippen LogP contribution in [0.4, 0.5) is 0 Å². The first kappa shape index (κ1) is 12.8. The van der Waals surface area contributed by atoms with E-state index in [4.69, 9.17) is 4.42 Å². The number of amides is 1. The highest BCUT2D eigenvalue weighted by Gasteiger charge is 2.28. The molecule has 0 saturated carbocycles. The van der Waals surface area contributed by atoms with Crippen LogP contribution in [0.15, 0.2) is 34.9 Å². The molecule has 0 saturated heterocycles. The van der Waals surface area contributed by atoms with Gasteiger partial charge < -0.3 is 9.32 Å². The molecule has 0 unspecified atom stereocenters. The normalized spacial score (nSPS) is 13.7. The number of aryl methyl sites for hydroxylation is 1. The van der Waals surface area contributed by atoms with E-state index < -0.39 is 0 Å². The summed E-state index contributed by atoms with van der Waals surface area (Å²) in [6, 6.07) is 7.43. The quantitative estimate of drug-likeness (QED) is 0.684. The van der Waals surface area contributed by atoms with Crippen molar-refractivity contribution in [3.63, 3.8) is 0 Å². The average Bonchev–Trinajstić information content (AvgIpc) is 3.10. The molecule has 0 aliphatic carbocycles. The summed E-state index contributed by atoms with van der Waals surface area (Å²) in [5.41, 5.74) is 1.97. The Hall–Kier alpha value is -2.96. The highest BCUT2D eigenvalue weighted by Crippen LogP contribution is 2.28. The summed E-state index contributed by atoms with van der Waals surface area (Å²) in [7, 11) is 1.75. The fraction of sp³-hybridized carbons (Fsp3) is 0.200. The molecule has 7 nitrogen and oxygen atoms in total. The number of hydrogen-bond donors (Lipinski definition) is 0. The molecular weight excluding hydrogens is 282 g/mol. The topological polar surface area (TPSA) is 77.1 Å². The molecule has 1 amide bonds. The van der Waals surface area contributed by atoms with E-state index in [2.05, 4.69) is 15.2 Å². The lowest BCUT2D eigenvalue weighted by Gasteiger charge is -2.12. The second-order valence-corrected chi connectivity index (χ2v) is 5.21. The smallest absolute Gasteiger partial charge is 0.256 e. The van der Waals surface area contributed by atoms with Crippen molar-refractivity contribution < 1.29 is 9.21 Å². The van der Waals surface area contributed by atoms with Crippen molar-refractivity contribution in [2.75, 3.05) is 7.05 Å². The van der Waals surface area contributed by atoms with Crippen LogP contribution < -0.4 is 0 Å². The van der Waals surface area contributed by atoms with Gasteiger partial charge in [-0.3, -0.25) is 9.36 Å². The fourth-order valence-electron chi connectivity index (χ4n) is 2.64. The molecule has 1 aromatic carbocycles. The SMILES string of the molecule is Cc1nc(-c2nnc3n2-c2ccccc2C(=O)N(C)C3)co1. The molecule has 0 fully saturated rings. The monoisotopic (exact) mass is 295 g/mol. The Morgan fingerprint density at radius 3 is 2.82 bits per heavy atom. The number of benzene rings is 1. The molecule has 0 bridgehead atoms. The number of hydrogen-bond acceptors (Lipinski definition) is 5. The molecule has 0 N–H and O–H groups in total. The van der Waals surface area contributed by atoms with Crippen LogP contribution in [0.1, 0.15) is 22.1 Å². The van der Waals surface area contributed by atoms with Crippen molar-refractivity contribution in [3.8, 4) is 17.2 Å². The van der Waals surface area contributed by atoms with Crippen LogP contribution in [0.25, 0.3) is 17.2 Å². The Balaban J connectivity index is 2.01. The van der Waals surface area contributed by atoms with Crippen molar-refractivity contribution in [1.29, 1.82) is 0 Å². The van der Waals surface area contributed by atoms with Crippen LogP contribution >= 0.6 is 0 Å². The van der Waals surface area contributed by atoms with Gasteiger partial charge >= 0.3 is 0 Å². The van der Waals surface area contributed by atoms with E-state index >= 15 is 0 Å². The minimum absolute atomic E-state index is 0.0385. The second kappa shape index (κ2) is 4.52. The number of oxazole rings is 1. The van der Waals surface area contributed by atoms with Gasteiger partial charge in [0.05, 0.1) is 17.8 Å². The predicted octanol–water partition coefficient (Wildman–Crippen LogP) is 1.82. The highest BCUT2D eigenvalue weighted by atomic mass is 16.3. The summed E-state index contributed by atoms with van der Waals surface area (Å²) < 4.78 is 7.14. The zero-order valence-electron chi connectivity index (χ0n) is 12.1. The van der Waals surface area contributed by atoms with E-state index in [0.717, 1.165) is 5.69 Å². The zero-order chi connectivity index (χ0) is 15.3. The fourth-order valence-corrected chi connectivity index (χ4v) is 2.64. The van der Waals surface area contributed by atoms with Crippen molar-refractivity contribution in [2.45, 2.75) is 13.5 Å². The lowest BCUT2D eigenvalue weighted by Crippen LogP contribution is -2.25. The number of aromatic nitrogens is 4. The average molecular weight is 295 g/mol. The van der Waals surface area contributed by atoms with Gasteiger partial charge in [0.1, 0.15) is 12.0 Å². The lowest BCUT2D eigenvalue weighted by atomic mass is 10.1. The van der Waals surface area contributed by atoms with Gasteiger partial charge in [0.25, 0.3) is 5.91 Å². The number of carbonyl (C=O) groups is 1. The number of carbonyl (C=O) groups excluding carboxylic acids is 1.